The number of thioether (sulfide) groups is 1. The van der Waals surface area contributed by atoms with Crippen LogP contribution in [0.15, 0.2) is 23.9 Å². The molecule has 0 aliphatic rings. The molecule has 0 unspecified atom stereocenters. The predicted molar refractivity (Wildman–Crippen MR) is 46.3 cm³/mol. The Morgan fingerprint density at radius 3 is 2.31 bits per heavy atom. The molecule has 0 spiro atoms. The van der Waals surface area contributed by atoms with Crippen LogP contribution in [0.1, 0.15) is 0 Å². The van der Waals surface area contributed by atoms with Gasteiger partial charge in [0.05, 0.1) is 0 Å². The van der Waals surface area contributed by atoms with Crippen LogP contribution in [0, 0.1) is 0 Å². The molecule has 76 valence electrons. The summed E-state index contributed by atoms with van der Waals surface area (Å²) >= 11 is 0.810. The van der Waals surface area contributed by atoms with Crippen LogP contribution in [0.2, 0.25) is 0 Å². The zero-order chi connectivity index (χ0) is 10.6. The monoisotopic (exact) mass is 231 g/mol. The van der Waals surface area contributed by atoms with Crippen LogP contribution in [-0.2, 0) is 10.3 Å². The fourth-order valence-corrected chi connectivity index (χ4v) is 1.39. The summed E-state index contributed by atoms with van der Waals surface area (Å²) in [5.41, 5.74) is 0. The molecule has 0 bridgehead atoms. The summed E-state index contributed by atoms with van der Waals surface area (Å²) in [6, 6.07) is 0. The van der Waals surface area contributed by atoms with E-state index in [9.17, 15) is 17.2 Å². The van der Waals surface area contributed by atoms with Crippen molar-refractivity contribution in [2.45, 2.75) is 0 Å². The largest absolute Gasteiger partial charge is 0.368 e. The molecule has 0 radical (unpaired) electrons. The van der Waals surface area contributed by atoms with E-state index in [-0.39, 0.29) is 0 Å². The van der Waals surface area contributed by atoms with Gasteiger partial charge in [0.1, 0.15) is 0 Å². The van der Waals surface area contributed by atoms with Gasteiger partial charge in [0.25, 0.3) is 0 Å². The van der Waals surface area contributed by atoms with Gasteiger partial charge in [-0.05, 0) is 12.8 Å². The lowest BCUT2D eigenvalue weighted by molar-refractivity contribution is 0.332. The lowest BCUT2D eigenvalue weighted by atomic mass is 10.8. The molecule has 0 aromatic rings. The Bertz CT molecular complexity index is 325. The summed E-state index contributed by atoms with van der Waals surface area (Å²) in [6.07, 6.45) is 1.43. The van der Waals surface area contributed by atoms with Crippen LogP contribution < -0.4 is 0 Å². The zero-order valence-electron chi connectivity index (χ0n) is 6.57. The quantitative estimate of drug-likeness (QED) is 0.590. The fraction of sp³-hybridized carbons (Fsp3) is 0.200. The van der Waals surface area contributed by atoms with Crippen molar-refractivity contribution in [2.24, 2.45) is 0 Å². The van der Waals surface area contributed by atoms with Gasteiger partial charge < -0.3 is 0 Å². The number of hydrogen-bond donors (Lipinski definition) is 1. The van der Waals surface area contributed by atoms with E-state index in [0.29, 0.717) is 5.41 Å². The first-order valence-electron chi connectivity index (χ1n) is 2.81. The smallest absolute Gasteiger partial charge is 0.269 e. The summed E-state index contributed by atoms with van der Waals surface area (Å²) in [6.45, 7) is 2.56. The van der Waals surface area contributed by atoms with Crippen molar-refractivity contribution in [2.75, 3.05) is 6.26 Å². The van der Waals surface area contributed by atoms with Crippen molar-refractivity contribution in [1.29, 1.82) is 0 Å². The van der Waals surface area contributed by atoms with Crippen LogP contribution in [0.5, 0.6) is 0 Å². The highest BCUT2D eigenvalue weighted by Crippen LogP contribution is 2.20. The molecule has 0 aliphatic heterocycles. The molecule has 0 aromatic carbocycles. The van der Waals surface area contributed by atoms with Gasteiger partial charge in [-0.25, -0.2) is 0 Å². The average molecular weight is 231 g/mol. The van der Waals surface area contributed by atoms with Crippen molar-refractivity contribution in [3.05, 3.63) is 23.9 Å². The molecule has 0 heterocycles. The third-order valence-corrected chi connectivity index (χ3v) is 2.12. The molecule has 0 rings (SSSR count). The molecule has 1 N–H and O–H groups in total. The van der Waals surface area contributed by atoms with E-state index in [2.05, 4.69) is 6.58 Å². The SMILES string of the molecule is C=C(F)N(/C(F)=C/SC)S(=O)(=O)O. The number of halogens is 2. The van der Waals surface area contributed by atoms with E-state index in [1.54, 1.807) is 0 Å². The van der Waals surface area contributed by atoms with Crippen LogP contribution in [0.25, 0.3) is 0 Å². The van der Waals surface area contributed by atoms with E-state index < -0.39 is 26.5 Å². The topological polar surface area (TPSA) is 57.6 Å². The summed E-state index contributed by atoms with van der Waals surface area (Å²) in [5.74, 6) is -3.08. The van der Waals surface area contributed by atoms with Gasteiger partial charge in [-0.1, -0.05) is 0 Å². The van der Waals surface area contributed by atoms with Crippen LogP contribution in [0.3, 0.4) is 0 Å². The molecule has 0 saturated carbocycles. The average Bonchev–Trinajstić information content (AvgIpc) is 1.82. The third kappa shape index (κ3) is 3.75. The van der Waals surface area contributed by atoms with Crippen molar-refractivity contribution < 1.29 is 21.8 Å². The molecule has 4 nitrogen and oxygen atoms in total. The van der Waals surface area contributed by atoms with Gasteiger partial charge in [-0.3, -0.25) is 4.55 Å². The Morgan fingerprint density at radius 1 is 1.62 bits per heavy atom. The Balaban J connectivity index is 5.07. The van der Waals surface area contributed by atoms with E-state index in [0.717, 1.165) is 11.8 Å². The minimum atomic E-state index is -4.98. The van der Waals surface area contributed by atoms with Crippen LogP contribution in [0.4, 0.5) is 8.78 Å². The summed E-state index contributed by atoms with van der Waals surface area (Å²) < 4.78 is 53.6. The molecule has 0 amide bonds. The second-order valence-corrected chi connectivity index (χ2v) is 3.76. The second kappa shape index (κ2) is 4.58. The standard InChI is InChI=1S/C5H7F2NO3S2/c1-4(6)8(13(9,10)11)5(7)3-12-2/h3H,1H2,2H3,(H,9,10,11)/b5-3+. The molecule has 0 aliphatic carbocycles. The molecule has 0 fully saturated rings. The van der Waals surface area contributed by atoms with E-state index in [1.807, 2.05) is 0 Å². The molecule has 13 heavy (non-hydrogen) atoms. The first-order chi connectivity index (χ1) is 5.80. The minimum absolute atomic E-state index is 0.552. The third-order valence-electron chi connectivity index (χ3n) is 0.860. The van der Waals surface area contributed by atoms with Gasteiger partial charge in [0.15, 0.2) is 0 Å². The normalized spacial score (nSPS) is 12.8. The summed E-state index contributed by atoms with van der Waals surface area (Å²) in [5, 5.41) is 0.707. The Hall–Kier alpha value is -0.600. The van der Waals surface area contributed by atoms with Crippen LogP contribution in [-0.4, -0.2) is 23.5 Å². The number of hydrogen-bond acceptors (Lipinski definition) is 3. The first-order valence-corrected chi connectivity index (χ1v) is 5.49. The maximum absolute atomic E-state index is 12.7. The summed E-state index contributed by atoms with van der Waals surface area (Å²) in [4.78, 5) is 0. The minimum Gasteiger partial charge on any atom is -0.269 e. The fourth-order valence-electron chi connectivity index (χ4n) is 0.496. The molecule has 0 aromatic heterocycles. The molecular weight excluding hydrogens is 224 g/mol. The predicted octanol–water partition coefficient (Wildman–Crippen LogP) is 1.66. The molecule has 0 atom stereocenters. The van der Waals surface area contributed by atoms with Gasteiger partial charge in [-0.2, -0.15) is 21.5 Å². The first kappa shape index (κ1) is 12.4. The molecular formula is C5H7F2NO3S2. The molecule has 0 saturated heterocycles. The van der Waals surface area contributed by atoms with E-state index in [4.69, 9.17) is 4.55 Å². The van der Waals surface area contributed by atoms with Gasteiger partial charge in [0.2, 0.25) is 11.9 Å². The van der Waals surface area contributed by atoms with Crippen molar-refractivity contribution in [3.8, 4) is 0 Å². The summed E-state index contributed by atoms with van der Waals surface area (Å²) in [7, 11) is -4.98. The maximum Gasteiger partial charge on any atom is 0.368 e. The maximum atomic E-state index is 12.7. The van der Waals surface area contributed by atoms with Crippen molar-refractivity contribution in [3.63, 3.8) is 0 Å². The highest BCUT2D eigenvalue weighted by Gasteiger charge is 2.25. The van der Waals surface area contributed by atoms with Gasteiger partial charge >= 0.3 is 10.3 Å². The lowest BCUT2D eigenvalue weighted by Gasteiger charge is -2.14. The Kier molecular flexibility index (Phi) is 4.37. The second-order valence-electron chi connectivity index (χ2n) is 1.79. The highest BCUT2D eigenvalue weighted by atomic mass is 32.2. The number of rotatable bonds is 4. The van der Waals surface area contributed by atoms with Gasteiger partial charge in [-0.15, -0.1) is 11.8 Å². The van der Waals surface area contributed by atoms with Gasteiger partial charge in [0, 0.05) is 5.41 Å². The van der Waals surface area contributed by atoms with Crippen LogP contribution >= 0.6 is 11.8 Å². The number of nitrogens with zero attached hydrogens (tertiary/aromatic N) is 1. The zero-order valence-corrected chi connectivity index (χ0v) is 8.20. The van der Waals surface area contributed by atoms with E-state index in [1.165, 1.54) is 6.26 Å². The van der Waals surface area contributed by atoms with Crippen molar-refractivity contribution >= 4 is 22.1 Å². The molecule has 8 heteroatoms. The Morgan fingerprint density at radius 2 is 2.08 bits per heavy atom. The highest BCUT2D eigenvalue weighted by molar-refractivity contribution is 8.01. The Labute approximate surface area is 78.8 Å². The van der Waals surface area contributed by atoms with Crippen molar-refractivity contribution in [1.82, 2.24) is 4.31 Å². The van der Waals surface area contributed by atoms with E-state index >= 15 is 0 Å². The lowest BCUT2D eigenvalue weighted by Crippen LogP contribution is -2.25.